The highest BCUT2D eigenvalue weighted by Gasteiger charge is 2.22. The summed E-state index contributed by atoms with van der Waals surface area (Å²) in [4.78, 5) is 12.4. The maximum Gasteiger partial charge on any atom is 0.258 e. The molecule has 1 aromatic carbocycles. The van der Waals surface area contributed by atoms with E-state index in [1.54, 1.807) is 19.1 Å². The summed E-state index contributed by atoms with van der Waals surface area (Å²) in [7, 11) is -1.96. The number of aromatic nitrogens is 2. The Morgan fingerprint density at radius 2 is 2.04 bits per heavy atom. The van der Waals surface area contributed by atoms with Crippen molar-refractivity contribution in [2.45, 2.75) is 24.8 Å². The van der Waals surface area contributed by atoms with Gasteiger partial charge < -0.3 is 4.74 Å². The molecule has 0 aliphatic heterocycles. The van der Waals surface area contributed by atoms with Crippen LogP contribution in [0, 0.1) is 0 Å². The van der Waals surface area contributed by atoms with Gasteiger partial charge in [0.05, 0.1) is 16.2 Å². The first kappa shape index (κ1) is 17.5. The van der Waals surface area contributed by atoms with Gasteiger partial charge in [0.15, 0.2) is 9.84 Å². The molecule has 1 N–H and O–H groups in total. The zero-order chi connectivity index (χ0) is 16.9. The van der Waals surface area contributed by atoms with Crippen molar-refractivity contribution in [3.63, 3.8) is 0 Å². The minimum atomic E-state index is -3.50. The molecular formula is C14H17N3O4S2. The van der Waals surface area contributed by atoms with Gasteiger partial charge in [-0.3, -0.25) is 10.1 Å². The molecule has 0 unspecified atom stereocenters. The number of nitrogens with one attached hydrogen (secondary N) is 1. The number of nitrogens with zero attached hydrogens (tertiary/aromatic N) is 2. The van der Waals surface area contributed by atoms with Gasteiger partial charge in [-0.15, -0.1) is 10.2 Å². The summed E-state index contributed by atoms with van der Waals surface area (Å²) in [6.45, 7) is 2.08. The minimum Gasteiger partial charge on any atom is -0.377 e. The number of carbonyl (C=O) groups is 1. The molecule has 124 valence electrons. The molecule has 0 spiro atoms. The van der Waals surface area contributed by atoms with Crippen molar-refractivity contribution >= 4 is 32.2 Å². The third-order valence-electron chi connectivity index (χ3n) is 2.89. The second-order valence-corrected chi connectivity index (χ2v) is 7.84. The number of rotatable bonds is 7. The van der Waals surface area contributed by atoms with Crippen molar-refractivity contribution in [2.24, 2.45) is 0 Å². The van der Waals surface area contributed by atoms with E-state index in [2.05, 4.69) is 15.5 Å². The van der Waals surface area contributed by atoms with E-state index in [0.29, 0.717) is 23.2 Å². The van der Waals surface area contributed by atoms with Crippen LogP contribution in [-0.4, -0.2) is 37.4 Å². The molecule has 2 aromatic rings. The minimum absolute atomic E-state index is 0.00587. The van der Waals surface area contributed by atoms with E-state index in [-0.39, 0.29) is 16.2 Å². The lowest BCUT2D eigenvalue weighted by molar-refractivity contribution is 0.102. The molecule has 23 heavy (non-hydrogen) atoms. The topological polar surface area (TPSA) is 98.2 Å². The Morgan fingerprint density at radius 3 is 2.74 bits per heavy atom. The molecule has 1 heterocycles. The van der Waals surface area contributed by atoms with Gasteiger partial charge in [0.1, 0.15) is 11.6 Å². The van der Waals surface area contributed by atoms with Crippen LogP contribution in [-0.2, 0) is 21.2 Å². The van der Waals surface area contributed by atoms with E-state index in [1.165, 1.54) is 30.6 Å². The number of sulfone groups is 1. The summed E-state index contributed by atoms with van der Waals surface area (Å²) in [5, 5.41) is 11.2. The van der Waals surface area contributed by atoms with Gasteiger partial charge in [-0.1, -0.05) is 30.4 Å². The molecule has 0 saturated carbocycles. The predicted octanol–water partition coefficient (Wildman–Crippen LogP) is 2.12. The van der Waals surface area contributed by atoms with Gasteiger partial charge in [0.25, 0.3) is 5.91 Å². The number of methoxy groups -OCH3 is 1. The Bertz CT molecular complexity index is 787. The van der Waals surface area contributed by atoms with E-state index >= 15 is 0 Å². The fraction of sp³-hybridized carbons (Fsp3) is 0.357. The molecular weight excluding hydrogens is 338 g/mol. The lowest BCUT2D eigenvalue weighted by Gasteiger charge is -2.09. The Labute approximate surface area is 138 Å². The fourth-order valence-electron chi connectivity index (χ4n) is 1.95. The van der Waals surface area contributed by atoms with E-state index in [0.717, 1.165) is 0 Å². The highest BCUT2D eigenvalue weighted by Crippen LogP contribution is 2.21. The first-order valence-electron chi connectivity index (χ1n) is 6.92. The third-order valence-corrected chi connectivity index (χ3v) is 5.68. The first-order valence-corrected chi connectivity index (χ1v) is 9.39. The van der Waals surface area contributed by atoms with Gasteiger partial charge >= 0.3 is 0 Å². The lowest BCUT2D eigenvalue weighted by Crippen LogP contribution is -2.17. The maximum absolute atomic E-state index is 12.4. The molecule has 7 nitrogen and oxygen atoms in total. The second kappa shape index (κ2) is 7.62. The molecule has 0 saturated heterocycles. The zero-order valence-electron chi connectivity index (χ0n) is 12.8. The SMILES string of the molecule is CCCS(=O)(=O)c1ccccc1C(=O)Nc1nnc(COC)s1. The summed E-state index contributed by atoms with van der Waals surface area (Å²) in [5.74, 6) is -0.533. The number of hydrogen-bond acceptors (Lipinski definition) is 7. The zero-order valence-corrected chi connectivity index (χ0v) is 14.4. The molecule has 0 aliphatic carbocycles. The van der Waals surface area contributed by atoms with Crippen LogP contribution in [0.3, 0.4) is 0 Å². The highest BCUT2D eigenvalue weighted by molar-refractivity contribution is 7.91. The molecule has 0 bridgehead atoms. The molecule has 0 aliphatic rings. The summed E-state index contributed by atoms with van der Waals surface area (Å²) in [6, 6.07) is 6.14. The van der Waals surface area contributed by atoms with Gasteiger partial charge in [-0.2, -0.15) is 0 Å². The number of amides is 1. The van der Waals surface area contributed by atoms with Crippen LogP contribution in [0.25, 0.3) is 0 Å². The fourth-order valence-corrected chi connectivity index (χ4v) is 4.20. The number of anilines is 1. The second-order valence-electron chi connectivity index (χ2n) is 4.70. The van der Waals surface area contributed by atoms with Crippen LogP contribution in [0.4, 0.5) is 5.13 Å². The average molecular weight is 355 g/mol. The Hall–Kier alpha value is -1.84. The van der Waals surface area contributed by atoms with Crippen LogP contribution < -0.4 is 5.32 Å². The Kier molecular flexibility index (Phi) is 5.80. The molecule has 0 fully saturated rings. The molecule has 2 rings (SSSR count). The van der Waals surface area contributed by atoms with Crippen LogP contribution >= 0.6 is 11.3 Å². The quantitative estimate of drug-likeness (QED) is 0.817. The number of benzene rings is 1. The van der Waals surface area contributed by atoms with Gasteiger partial charge in [0.2, 0.25) is 5.13 Å². The smallest absolute Gasteiger partial charge is 0.258 e. The summed E-state index contributed by atoms with van der Waals surface area (Å²) < 4.78 is 29.5. The van der Waals surface area contributed by atoms with Crippen molar-refractivity contribution in [2.75, 3.05) is 18.2 Å². The van der Waals surface area contributed by atoms with E-state index < -0.39 is 15.7 Å². The van der Waals surface area contributed by atoms with Crippen LogP contribution in [0.2, 0.25) is 0 Å². The standard InChI is InChI=1S/C14H17N3O4S2/c1-3-8-23(19,20)11-7-5-4-6-10(11)13(18)15-14-17-16-12(22-14)9-21-2/h4-7H,3,8-9H2,1-2H3,(H,15,17,18). The molecule has 9 heteroatoms. The molecule has 0 radical (unpaired) electrons. The maximum atomic E-state index is 12.4. The monoisotopic (exact) mass is 355 g/mol. The van der Waals surface area contributed by atoms with E-state index in [1.807, 2.05) is 0 Å². The first-order chi connectivity index (χ1) is 11.0. The normalized spacial score (nSPS) is 11.4. The predicted molar refractivity (Wildman–Crippen MR) is 87.4 cm³/mol. The molecule has 1 aromatic heterocycles. The largest absolute Gasteiger partial charge is 0.377 e. The van der Waals surface area contributed by atoms with Crippen LogP contribution in [0.15, 0.2) is 29.2 Å². The van der Waals surface area contributed by atoms with Gasteiger partial charge in [0, 0.05) is 7.11 Å². The van der Waals surface area contributed by atoms with Crippen molar-refractivity contribution in [1.29, 1.82) is 0 Å². The summed E-state index contributed by atoms with van der Waals surface area (Å²) in [6.07, 6.45) is 0.481. The molecule has 1 amide bonds. The van der Waals surface area contributed by atoms with E-state index in [4.69, 9.17) is 4.74 Å². The number of hydrogen-bond donors (Lipinski definition) is 1. The van der Waals surface area contributed by atoms with Crippen LogP contribution in [0.5, 0.6) is 0 Å². The Balaban J connectivity index is 2.25. The van der Waals surface area contributed by atoms with Crippen molar-refractivity contribution < 1.29 is 17.9 Å². The molecule has 0 atom stereocenters. The van der Waals surface area contributed by atoms with Crippen LogP contribution in [0.1, 0.15) is 28.7 Å². The highest BCUT2D eigenvalue weighted by atomic mass is 32.2. The van der Waals surface area contributed by atoms with E-state index in [9.17, 15) is 13.2 Å². The number of ether oxygens (including phenoxy) is 1. The average Bonchev–Trinajstić information content (AvgIpc) is 2.95. The third kappa shape index (κ3) is 4.34. The van der Waals surface area contributed by atoms with Crippen molar-refractivity contribution in [3.8, 4) is 0 Å². The van der Waals surface area contributed by atoms with Gasteiger partial charge in [-0.25, -0.2) is 8.42 Å². The van der Waals surface area contributed by atoms with Crippen molar-refractivity contribution in [1.82, 2.24) is 10.2 Å². The summed E-state index contributed by atoms with van der Waals surface area (Å²) in [5.41, 5.74) is 0.101. The Morgan fingerprint density at radius 1 is 1.30 bits per heavy atom. The number of carbonyl (C=O) groups excluding carboxylic acids is 1. The lowest BCUT2D eigenvalue weighted by atomic mass is 10.2. The van der Waals surface area contributed by atoms with Gasteiger partial charge in [-0.05, 0) is 18.6 Å². The summed E-state index contributed by atoms with van der Waals surface area (Å²) >= 11 is 1.18. The van der Waals surface area contributed by atoms with Crippen molar-refractivity contribution in [3.05, 3.63) is 34.8 Å².